The van der Waals surface area contributed by atoms with E-state index in [9.17, 15) is 10.1 Å². The lowest BCUT2D eigenvalue weighted by atomic mass is 10.1. The van der Waals surface area contributed by atoms with Crippen LogP contribution in [-0.4, -0.2) is 18.6 Å². The zero-order valence-corrected chi connectivity index (χ0v) is 11.6. The van der Waals surface area contributed by atoms with Crippen molar-refractivity contribution in [3.8, 4) is 11.5 Å². The minimum absolute atomic E-state index is 0.0780. The SMILES string of the molecule is COCCc1ccc(Oc2cccc(N)c2[N+](=O)[O-])cc1. The molecule has 0 aromatic heterocycles. The molecule has 0 aliphatic heterocycles. The summed E-state index contributed by atoms with van der Waals surface area (Å²) in [7, 11) is 1.65. The Morgan fingerprint density at radius 3 is 2.52 bits per heavy atom. The van der Waals surface area contributed by atoms with E-state index in [0.717, 1.165) is 12.0 Å². The molecule has 0 unspecified atom stereocenters. The number of anilines is 1. The first kappa shape index (κ1) is 14.8. The number of methoxy groups -OCH3 is 1. The van der Waals surface area contributed by atoms with Gasteiger partial charge in [0.1, 0.15) is 11.4 Å². The summed E-state index contributed by atoms with van der Waals surface area (Å²) in [5.74, 6) is 0.648. The van der Waals surface area contributed by atoms with Crippen molar-refractivity contribution in [2.75, 3.05) is 19.5 Å². The molecule has 2 N–H and O–H groups in total. The van der Waals surface area contributed by atoms with E-state index in [0.29, 0.717) is 12.4 Å². The summed E-state index contributed by atoms with van der Waals surface area (Å²) in [4.78, 5) is 10.5. The number of nitrogens with two attached hydrogens (primary N) is 1. The Kier molecular flexibility index (Phi) is 4.73. The third-order valence-corrected chi connectivity index (χ3v) is 2.96. The Morgan fingerprint density at radius 1 is 1.19 bits per heavy atom. The highest BCUT2D eigenvalue weighted by Gasteiger charge is 2.19. The molecule has 0 aliphatic rings. The third-order valence-electron chi connectivity index (χ3n) is 2.96. The molecular weight excluding hydrogens is 272 g/mol. The Bertz CT molecular complexity index is 626. The van der Waals surface area contributed by atoms with Crippen molar-refractivity contribution in [3.05, 3.63) is 58.1 Å². The van der Waals surface area contributed by atoms with Crippen LogP contribution < -0.4 is 10.5 Å². The van der Waals surface area contributed by atoms with Crippen molar-refractivity contribution < 1.29 is 14.4 Å². The molecule has 0 aliphatic carbocycles. The van der Waals surface area contributed by atoms with E-state index in [1.807, 2.05) is 12.1 Å². The lowest BCUT2D eigenvalue weighted by Gasteiger charge is -2.08. The number of hydrogen-bond donors (Lipinski definition) is 1. The van der Waals surface area contributed by atoms with Crippen molar-refractivity contribution in [2.24, 2.45) is 0 Å². The lowest BCUT2D eigenvalue weighted by Crippen LogP contribution is -1.98. The molecule has 110 valence electrons. The average Bonchev–Trinajstić information content (AvgIpc) is 2.46. The van der Waals surface area contributed by atoms with Crippen LogP contribution in [0.25, 0.3) is 0 Å². The van der Waals surface area contributed by atoms with E-state index < -0.39 is 4.92 Å². The number of ether oxygens (including phenoxy) is 2. The van der Waals surface area contributed by atoms with E-state index in [1.54, 1.807) is 25.3 Å². The van der Waals surface area contributed by atoms with Crippen LogP contribution >= 0.6 is 0 Å². The molecule has 2 aromatic carbocycles. The van der Waals surface area contributed by atoms with Crippen molar-refractivity contribution in [1.29, 1.82) is 0 Å². The zero-order valence-electron chi connectivity index (χ0n) is 11.6. The van der Waals surface area contributed by atoms with Gasteiger partial charge in [0.05, 0.1) is 11.5 Å². The first-order valence-electron chi connectivity index (χ1n) is 6.40. The second-order valence-corrected chi connectivity index (χ2v) is 4.44. The molecule has 6 nitrogen and oxygen atoms in total. The van der Waals surface area contributed by atoms with Gasteiger partial charge in [-0.05, 0) is 36.2 Å². The Balaban J connectivity index is 2.19. The lowest BCUT2D eigenvalue weighted by molar-refractivity contribution is -0.384. The smallest absolute Gasteiger partial charge is 0.334 e. The summed E-state index contributed by atoms with van der Waals surface area (Å²) in [6.07, 6.45) is 0.801. The second-order valence-electron chi connectivity index (χ2n) is 4.44. The summed E-state index contributed by atoms with van der Waals surface area (Å²) in [6, 6.07) is 11.9. The van der Waals surface area contributed by atoms with Gasteiger partial charge in [-0.3, -0.25) is 10.1 Å². The Hall–Kier alpha value is -2.60. The van der Waals surface area contributed by atoms with Crippen LogP contribution in [0.3, 0.4) is 0 Å². The fourth-order valence-corrected chi connectivity index (χ4v) is 1.89. The highest BCUT2D eigenvalue weighted by molar-refractivity contribution is 5.66. The number of para-hydroxylation sites is 1. The fraction of sp³-hybridized carbons (Fsp3) is 0.200. The maximum atomic E-state index is 11.0. The third kappa shape index (κ3) is 3.70. The number of nitro benzene ring substituents is 1. The van der Waals surface area contributed by atoms with Gasteiger partial charge in [-0.15, -0.1) is 0 Å². The number of rotatable bonds is 6. The molecular formula is C15H16N2O4. The molecule has 21 heavy (non-hydrogen) atoms. The van der Waals surface area contributed by atoms with E-state index in [-0.39, 0.29) is 17.1 Å². The summed E-state index contributed by atoms with van der Waals surface area (Å²) < 4.78 is 10.6. The molecule has 0 amide bonds. The summed E-state index contributed by atoms with van der Waals surface area (Å²) in [6.45, 7) is 0.640. The first-order valence-corrected chi connectivity index (χ1v) is 6.40. The van der Waals surface area contributed by atoms with E-state index >= 15 is 0 Å². The molecule has 0 saturated heterocycles. The van der Waals surface area contributed by atoms with E-state index in [1.165, 1.54) is 12.1 Å². The molecule has 0 saturated carbocycles. The molecule has 6 heteroatoms. The molecule has 0 spiro atoms. The molecule has 2 aromatic rings. The van der Waals surface area contributed by atoms with Crippen LogP contribution in [0.5, 0.6) is 11.5 Å². The number of benzene rings is 2. The minimum atomic E-state index is -0.544. The standard InChI is InChI=1S/C15H16N2O4/c1-20-10-9-11-5-7-12(8-6-11)21-14-4-2-3-13(16)15(14)17(18)19/h2-8H,9-10,16H2,1H3. The van der Waals surface area contributed by atoms with Gasteiger partial charge in [-0.1, -0.05) is 18.2 Å². The molecule has 0 fully saturated rings. The van der Waals surface area contributed by atoms with E-state index in [4.69, 9.17) is 15.2 Å². The highest BCUT2D eigenvalue weighted by atomic mass is 16.6. The monoisotopic (exact) mass is 288 g/mol. The Morgan fingerprint density at radius 2 is 1.90 bits per heavy atom. The molecule has 0 atom stereocenters. The minimum Gasteiger partial charge on any atom is -0.450 e. The quantitative estimate of drug-likeness (QED) is 0.501. The summed E-state index contributed by atoms with van der Waals surface area (Å²) >= 11 is 0. The van der Waals surface area contributed by atoms with Crippen LogP contribution in [0, 0.1) is 10.1 Å². The van der Waals surface area contributed by atoms with Crippen LogP contribution in [0.4, 0.5) is 11.4 Å². The largest absolute Gasteiger partial charge is 0.450 e. The number of hydrogen-bond acceptors (Lipinski definition) is 5. The van der Waals surface area contributed by atoms with Crippen LogP contribution in [0.1, 0.15) is 5.56 Å². The van der Waals surface area contributed by atoms with Gasteiger partial charge < -0.3 is 15.2 Å². The van der Waals surface area contributed by atoms with Gasteiger partial charge in [0.25, 0.3) is 0 Å². The van der Waals surface area contributed by atoms with Gasteiger partial charge in [0, 0.05) is 7.11 Å². The van der Waals surface area contributed by atoms with Gasteiger partial charge in [0.2, 0.25) is 5.75 Å². The number of nitrogen functional groups attached to an aromatic ring is 1. The van der Waals surface area contributed by atoms with Crippen molar-refractivity contribution in [2.45, 2.75) is 6.42 Å². The highest BCUT2D eigenvalue weighted by Crippen LogP contribution is 2.35. The van der Waals surface area contributed by atoms with Gasteiger partial charge >= 0.3 is 5.69 Å². The molecule has 0 heterocycles. The van der Waals surface area contributed by atoms with Gasteiger partial charge in [-0.25, -0.2) is 0 Å². The van der Waals surface area contributed by atoms with E-state index in [2.05, 4.69) is 0 Å². The predicted octanol–water partition coefficient (Wildman–Crippen LogP) is 3.16. The topological polar surface area (TPSA) is 87.6 Å². The second kappa shape index (κ2) is 6.71. The molecule has 2 rings (SSSR count). The summed E-state index contributed by atoms with van der Waals surface area (Å²) in [5.41, 5.74) is 6.58. The van der Waals surface area contributed by atoms with Crippen LogP contribution in [0.15, 0.2) is 42.5 Å². The normalized spacial score (nSPS) is 10.3. The van der Waals surface area contributed by atoms with Crippen molar-refractivity contribution in [3.63, 3.8) is 0 Å². The number of nitro groups is 1. The van der Waals surface area contributed by atoms with Crippen molar-refractivity contribution in [1.82, 2.24) is 0 Å². The van der Waals surface area contributed by atoms with Gasteiger partial charge in [-0.2, -0.15) is 0 Å². The maximum Gasteiger partial charge on any atom is 0.334 e. The fourth-order valence-electron chi connectivity index (χ4n) is 1.89. The molecule has 0 radical (unpaired) electrons. The zero-order chi connectivity index (χ0) is 15.2. The van der Waals surface area contributed by atoms with Crippen LogP contribution in [0.2, 0.25) is 0 Å². The average molecular weight is 288 g/mol. The van der Waals surface area contributed by atoms with Crippen LogP contribution in [-0.2, 0) is 11.2 Å². The maximum absolute atomic E-state index is 11.0. The Labute approximate surface area is 122 Å². The number of nitrogens with zero attached hydrogens (tertiary/aromatic N) is 1. The summed E-state index contributed by atoms with van der Waals surface area (Å²) in [5, 5.41) is 11.0. The molecule has 0 bridgehead atoms. The van der Waals surface area contributed by atoms with Crippen molar-refractivity contribution >= 4 is 11.4 Å². The predicted molar refractivity (Wildman–Crippen MR) is 79.6 cm³/mol. The van der Waals surface area contributed by atoms with Gasteiger partial charge in [0.15, 0.2) is 0 Å². The first-order chi connectivity index (χ1) is 10.1.